The van der Waals surface area contributed by atoms with E-state index in [4.69, 9.17) is 0 Å². The number of hydrogen-bond donors (Lipinski definition) is 1. The maximum absolute atomic E-state index is 13.4. The molecule has 0 unspecified atom stereocenters. The van der Waals surface area contributed by atoms with Gasteiger partial charge in [0.2, 0.25) is 21.8 Å². The highest BCUT2D eigenvalue weighted by atomic mass is 32.2. The molecule has 0 fully saturated rings. The van der Waals surface area contributed by atoms with Gasteiger partial charge in [-0.05, 0) is 50.1 Å². The lowest BCUT2D eigenvalue weighted by Crippen LogP contribution is -2.53. The van der Waals surface area contributed by atoms with Gasteiger partial charge in [-0.15, -0.1) is 0 Å². The van der Waals surface area contributed by atoms with Crippen LogP contribution in [0.3, 0.4) is 0 Å². The zero-order valence-corrected chi connectivity index (χ0v) is 19.6. The summed E-state index contributed by atoms with van der Waals surface area (Å²) >= 11 is 0. The summed E-state index contributed by atoms with van der Waals surface area (Å²) in [6.07, 6.45) is 1.36. The summed E-state index contributed by atoms with van der Waals surface area (Å²) in [5.41, 5.74) is 0.978. The third-order valence-electron chi connectivity index (χ3n) is 4.81. The standard InChI is InChI=1S/C23H30FN3O4S/c1-5-21(23(29)25-17(2)3)26(15-18-11-13-19(24)14-12-18)22(28)16-27(32(4,30)31)20-9-7-6-8-10-20/h6-14,17,21H,5,15-16H2,1-4H3,(H,25,29)/t21-/m1/s1. The highest BCUT2D eigenvalue weighted by Gasteiger charge is 2.31. The first-order chi connectivity index (χ1) is 15.0. The Kier molecular flexibility index (Phi) is 8.77. The molecule has 7 nitrogen and oxygen atoms in total. The van der Waals surface area contributed by atoms with E-state index < -0.39 is 34.3 Å². The Balaban J connectivity index is 2.40. The second-order valence-corrected chi connectivity index (χ2v) is 9.75. The van der Waals surface area contributed by atoms with Gasteiger partial charge in [0.15, 0.2) is 0 Å². The van der Waals surface area contributed by atoms with E-state index >= 15 is 0 Å². The van der Waals surface area contributed by atoms with Gasteiger partial charge in [-0.25, -0.2) is 12.8 Å². The normalized spacial score (nSPS) is 12.3. The van der Waals surface area contributed by atoms with Crippen LogP contribution in [0.2, 0.25) is 0 Å². The molecule has 0 aromatic heterocycles. The van der Waals surface area contributed by atoms with E-state index in [9.17, 15) is 22.4 Å². The van der Waals surface area contributed by atoms with Crippen molar-refractivity contribution in [1.82, 2.24) is 10.2 Å². The first-order valence-electron chi connectivity index (χ1n) is 10.4. The highest BCUT2D eigenvalue weighted by molar-refractivity contribution is 7.92. The number of carbonyl (C=O) groups excluding carboxylic acids is 2. The van der Waals surface area contributed by atoms with Crippen LogP contribution in [0.4, 0.5) is 10.1 Å². The molecule has 0 saturated carbocycles. The molecule has 0 aliphatic heterocycles. The number of para-hydroxylation sites is 1. The van der Waals surface area contributed by atoms with Crippen LogP contribution in [0, 0.1) is 5.82 Å². The Labute approximate surface area is 189 Å². The zero-order valence-electron chi connectivity index (χ0n) is 18.8. The van der Waals surface area contributed by atoms with E-state index in [1.54, 1.807) is 37.3 Å². The first-order valence-corrected chi connectivity index (χ1v) is 12.2. The minimum absolute atomic E-state index is 0.0372. The van der Waals surface area contributed by atoms with Crippen LogP contribution in [0.1, 0.15) is 32.8 Å². The fourth-order valence-corrected chi connectivity index (χ4v) is 4.14. The number of benzene rings is 2. The zero-order chi connectivity index (χ0) is 23.9. The number of sulfonamides is 1. The number of rotatable bonds is 10. The molecule has 0 aliphatic rings. The van der Waals surface area contributed by atoms with Crippen LogP contribution in [0.15, 0.2) is 54.6 Å². The second kappa shape index (κ2) is 11.1. The average molecular weight is 464 g/mol. The van der Waals surface area contributed by atoms with Crippen molar-refractivity contribution in [1.29, 1.82) is 0 Å². The van der Waals surface area contributed by atoms with E-state index in [-0.39, 0.29) is 18.5 Å². The van der Waals surface area contributed by atoms with Gasteiger partial charge in [-0.2, -0.15) is 0 Å². The SMILES string of the molecule is CC[C@H](C(=O)NC(C)C)N(Cc1ccc(F)cc1)C(=O)CN(c1ccccc1)S(C)(=O)=O. The maximum Gasteiger partial charge on any atom is 0.244 e. The van der Waals surface area contributed by atoms with Gasteiger partial charge in [0.1, 0.15) is 18.4 Å². The Morgan fingerprint density at radius 2 is 1.62 bits per heavy atom. The number of hydrogen-bond acceptors (Lipinski definition) is 4. The fraction of sp³-hybridized carbons (Fsp3) is 0.391. The maximum atomic E-state index is 13.4. The van der Waals surface area contributed by atoms with E-state index in [1.165, 1.54) is 29.2 Å². The Hall–Kier alpha value is -2.94. The third-order valence-corrected chi connectivity index (χ3v) is 5.95. The smallest absolute Gasteiger partial charge is 0.244 e. The molecule has 32 heavy (non-hydrogen) atoms. The third kappa shape index (κ3) is 7.05. The molecule has 0 spiro atoms. The predicted molar refractivity (Wildman–Crippen MR) is 123 cm³/mol. The Bertz CT molecular complexity index is 1010. The minimum Gasteiger partial charge on any atom is -0.352 e. The van der Waals surface area contributed by atoms with Crippen LogP contribution in [-0.2, 0) is 26.2 Å². The van der Waals surface area contributed by atoms with E-state index in [0.29, 0.717) is 17.7 Å². The lowest BCUT2D eigenvalue weighted by molar-refractivity contribution is -0.140. The van der Waals surface area contributed by atoms with Crippen LogP contribution < -0.4 is 9.62 Å². The minimum atomic E-state index is -3.76. The Morgan fingerprint density at radius 3 is 2.12 bits per heavy atom. The predicted octanol–water partition coefficient (Wildman–Crippen LogP) is 2.92. The van der Waals surface area contributed by atoms with Gasteiger partial charge in [0, 0.05) is 12.6 Å². The summed E-state index contributed by atoms with van der Waals surface area (Å²) in [4.78, 5) is 27.6. The van der Waals surface area contributed by atoms with Crippen molar-refractivity contribution in [2.75, 3.05) is 17.1 Å². The second-order valence-electron chi connectivity index (χ2n) is 7.84. The van der Waals surface area contributed by atoms with Crippen LogP contribution in [0.25, 0.3) is 0 Å². The fourth-order valence-electron chi connectivity index (χ4n) is 3.29. The molecule has 0 heterocycles. The number of carbonyl (C=O) groups is 2. The van der Waals surface area contributed by atoms with Crippen LogP contribution in [-0.4, -0.2) is 50.0 Å². The van der Waals surface area contributed by atoms with Crippen molar-refractivity contribution in [3.05, 3.63) is 66.0 Å². The van der Waals surface area contributed by atoms with Crippen molar-refractivity contribution in [2.24, 2.45) is 0 Å². The molecule has 174 valence electrons. The van der Waals surface area contributed by atoms with Gasteiger partial charge < -0.3 is 10.2 Å². The quantitative estimate of drug-likeness (QED) is 0.587. The highest BCUT2D eigenvalue weighted by Crippen LogP contribution is 2.19. The molecule has 9 heteroatoms. The molecule has 0 aliphatic carbocycles. The topological polar surface area (TPSA) is 86.8 Å². The number of nitrogens with zero attached hydrogens (tertiary/aromatic N) is 2. The first kappa shape index (κ1) is 25.3. The van der Waals surface area contributed by atoms with Crippen molar-refractivity contribution in [3.8, 4) is 0 Å². The average Bonchev–Trinajstić information content (AvgIpc) is 2.72. The molecular formula is C23H30FN3O4S. The summed E-state index contributed by atoms with van der Waals surface area (Å²) in [5, 5.41) is 2.81. The number of nitrogens with one attached hydrogen (secondary N) is 1. The molecule has 0 bridgehead atoms. The molecule has 2 aromatic carbocycles. The summed E-state index contributed by atoms with van der Waals surface area (Å²) in [5.74, 6) is -1.28. The molecule has 0 saturated heterocycles. The van der Waals surface area contributed by atoms with Crippen molar-refractivity contribution < 1.29 is 22.4 Å². The van der Waals surface area contributed by atoms with Gasteiger partial charge >= 0.3 is 0 Å². The number of halogens is 1. The lowest BCUT2D eigenvalue weighted by Gasteiger charge is -2.33. The summed E-state index contributed by atoms with van der Waals surface area (Å²) in [7, 11) is -3.76. The molecule has 2 aromatic rings. The van der Waals surface area contributed by atoms with E-state index in [1.807, 2.05) is 13.8 Å². The van der Waals surface area contributed by atoms with Crippen molar-refractivity contribution >= 4 is 27.5 Å². The number of amides is 2. The van der Waals surface area contributed by atoms with Gasteiger partial charge in [-0.3, -0.25) is 13.9 Å². The summed E-state index contributed by atoms with van der Waals surface area (Å²) in [6, 6.07) is 13.0. The molecular weight excluding hydrogens is 433 g/mol. The van der Waals surface area contributed by atoms with Crippen molar-refractivity contribution in [3.63, 3.8) is 0 Å². The van der Waals surface area contributed by atoms with Crippen LogP contribution >= 0.6 is 0 Å². The number of anilines is 1. The summed E-state index contributed by atoms with van der Waals surface area (Å²) in [6.45, 7) is 4.99. The molecule has 2 amide bonds. The largest absolute Gasteiger partial charge is 0.352 e. The monoisotopic (exact) mass is 463 g/mol. The molecule has 1 atom stereocenters. The molecule has 1 N–H and O–H groups in total. The van der Waals surface area contributed by atoms with E-state index in [0.717, 1.165) is 10.6 Å². The Morgan fingerprint density at radius 1 is 1.03 bits per heavy atom. The lowest BCUT2D eigenvalue weighted by atomic mass is 10.1. The molecule has 0 radical (unpaired) electrons. The van der Waals surface area contributed by atoms with Crippen LogP contribution in [0.5, 0.6) is 0 Å². The van der Waals surface area contributed by atoms with Gasteiger partial charge in [-0.1, -0.05) is 37.3 Å². The van der Waals surface area contributed by atoms with Gasteiger partial charge in [0.05, 0.1) is 11.9 Å². The summed E-state index contributed by atoms with van der Waals surface area (Å²) < 4.78 is 39.2. The van der Waals surface area contributed by atoms with E-state index in [2.05, 4.69) is 5.32 Å². The van der Waals surface area contributed by atoms with Gasteiger partial charge in [0.25, 0.3) is 0 Å². The van der Waals surface area contributed by atoms with Crippen molar-refractivity contribution in [2.45, 2.75) is 45.8 Å². The molecule has 2 rings (SSSR count).